The van der Waals surface area contributed by atoms with Crippen LogP contribution in [0.5, 0.6) is 0 Å². The van der Waals surface area contributed by atoms with Crippen LogP contribution in [0.25, 0.3) is 5.76 Å². The fourth-order valence-electron chi connectivity index (χ4n) is 2.92. The molecule has 1 aliphatic heterocycles. The number of Topliss-reactive ketones (excluding diaryl/α,β-unsaturated/α-hetero) is 1. The highest BCUT2D eigenvalue weighted by Crippen LogP contribution is 2.31. The molecular formula is C19H25NO3. The van der Waals surface area contributed by atoms with Crippen molar-refractivity contribution in [3.8, 4) is 0 Å². The number of aliphatic hydroxyl groups excluding tert-OH is 1. The number of aliphatic hydroxyl groups is 1. The first-order valence-electron chi connectivity index (χ1n) is 8.18. The average molecular weight is 315 g/mol. The van der Waals surface area contributed by atoms with Crippen molar-refractivity contribution in [3.63, 3.8) is 0 Å². The number of hydrogen-bond donors (Lipinski definition) is 1. The second-order valence-corrected chi connectivity index (χ2v) is 6.82. The first kappa shape index (κ1) is 17.3. The number of carbonyl (C=O) groups is 2. The van der Waals surface area contributed by atoms with Crippen LogP contribution in [0, 0.1) is 11.8 Å². The zero-order valence-electron chi connectivity index (χ0n) is 14.2. The van der Waals surface area contributed by atoms with Crippen molar-refractivity contribution in [1.82, 2.24) is 4.90 Å². The molecule has 1 aromatic carbocycles. The van der Waals surface area contributed by atoms with Gasteiger partial charge in [0.2, 0.25) is 0 Å². The van der Waals surface area contributed by atoms with E-state index in [-0.39, 0.29) is 28.9 Å². The summed E-state index contributed by atoms with van der Waals surface area (Å²) < 4.78 is 0. The van der Waals surface area contributed by atoms with E-state index in [1.807, 2.05) is 19.9 Å². The molecule has 0 radical (unpaired) electrons. The summed E-state index contributed by atoms with van der Waals surface area (Å²) in [5.41, 5.74) is 0.427. The molecule has 0 aromatic heterocycles. The number of likely N-dealkylation sites (tertiary alicyclic amines) is 1. The maximum atomic E-state index is 12.7. The third kappa shape index (κ3) is 3.46. The second-order valence-electron chi connectivity index (χ2n) is 6.82. The lowest BCUT2D eigenvalue weighted by atomic mass is 9.97. The predicted octanol–water partition coefficient (Wildman–Crippen LogP) is 3.44. The number of benzene rings is 1. The molecule has 1 amide bonds. The van der Waals surface area contributed by atoms with E-state index in [9.17, 15) is 14.7 Å². The van der Waals surface area contributed by atoms with Crippen LogP contribution < -0.4 is 0 Å². The Kier molecular flexibility index (Phi) is 5.24. The summed E-state index contributed by atoms with van der Waals surface area (Å²) in [5, 5.41) is 10.5. The average Bonchev–Trinajstić information content (AvgIpc) is 2.76. The van der Waals surface area contributed by atoms with Gasteiger partial charge in [0, 0.05) is 12.1 Å². The topological polar surface area (TPSA) is 57.6 Å². The maximum Gasteiger partial charge on any atom is 0.262 e. The van der Waals surface area contributed by atoms with Crippen LogP contribution in [-0.4, -0.2) is 34.3 Å². The third-order valence-corrected chi connectivity index (χ3v) is 4.19. The minimum atomic E-state index is -0.484. The first-order chi connectivity index (χ1) is 10.8. The van der Waals surface area contributed by atoms with Crippen molar-refractivity contribution < 1.29 is 14.7 Å². The van der Waals surface area contributed by atoms with E-state index >= 15 is 0 Å². The molecule has 124 valence electrons. The van der Waals surface area contributed by atoms with E-state index in [0.717, 1.165) is 6.42 Å². The summed E-state index contributed by atoms with van der Waals surface area (Å²) in [6, 6.07) is 8.28. The first-order valence-corrected chi connectivity index (χ1v) is 8.18. The summed E-state index contributed by atoms with van der Waals surface area (Å²) in [6.07, 6.45) is 0.835. The molecule has 1 N–H and O–H groups in total. The zero-order valence-corrected chi connectivity index (χ0v) is 14.2. The molecule has 4 heteroatoms. The lowest BCUT2D eigenvalue weighted by molar-refractivity contribution is -0.128. The van der Waals surface area contributed by atoms with Gasteiger partial charge in [0.25, 0.3) is 5.91 Å². The lowest BCUT2D eigenvalue weighted by Crippen LogP contribution is -2.40. The van der Waals surface area contributed by atoms with Crippen LogP contribution in [0.3, 0.4) is 0 Å². The van der Waals surface area contributed by atoms with Crippen molar-refractivity contribution in [2.24, 2.45) is 11.8 Å². The minimum Gasteiger partial charge on any atom is -0.506 e. The summed E-state index contributed by atoms with van der Waals surface area (Å²) in [4.78, 5) is 27.1. The molecule has 1 saturated heterocycles. The molecule has 1 aromatic rings. The molecule has 0 aliphatic carbocycles. The van der Waals surface area contributed by atoms with Crippen LogP contribution >= 0.6 is 0 Å². The van der Waals surface area contributed by atoms with E-state index in [4.69, 9.17) is 0 Å². The summed E-state index contributed by atoms with van der Waals surface area (Å²) in [7, 11) is 0. The number of amides is 1. The van der Waals surface area contributed by atoms with E-state index in [1.54, 1.807) is 29.2 Å². The van der Waals surface area contributed by atoms with Crippen LogP contribution in [0.2, 0.25) is 0 Å². The van der Waals surface area contributed by atoms with Gasteiger partial charge in [-0.25, -0.2) is 0 Å². The van der Waals surface area contributed by atoms with Gasteiger partial charge in [0.1, 0.15) is 11.3 Å². The van der Waals surface area contributed by atoms with Crippen LogP contribution in [-0.2, 0) is 9.59 Å². The van der Waals surface area contributed by atoms with Gasteiger partial charge in [0.05, 0.1) is 6.04 Å². The Bertz CT molecular complexity index is 617. The molecule has 0 saturated carbocycles. The monoisotopic (exact) mass is 315 g/mol. The quantitative estimate of drug-likeness (QED) is 0.514. The Morgan fingerprint density at radius 3 is 2.26 bits per heavy atom. The molecule has 2 rings (SSSR count). The summed E-state index contributed by atoms with van der Waals surface area (Å²) in [6.45, 7) is 8.58. The highest BCUT2D eigenvalue weighted by molar-refractivity contribution is 6.30. The maximum absolute atomic E-state index is 12.7. The van der Waals surface area contributed by atoms with Gasteiger partial charge in [-0.2, -0.15) is 0 Å². The number of hydrogen-bond acceptors (Lipinski definition) is 3. The highest BCUT2D eigenvalue weighted by atomic mass is 16.3. The number of rotatable bonds is 5. The van der Waals surface area contributed by atoms with Crippen LogP contribution in [0.4, 0.5) is 0 Å². The molecule has 23 heavy (non-hydrogen) atoms. The molecule has 1 heterocycles. The van der Waals surface area contributed by atoms with Gasteiger partial charge >= 0.3 is 0 Å². The van der Waals surface area contributed by atoms with Crippen molar-refractivity contribution in [2.75, 3.05) is 6.54 Å². The van der Waals surface area contributed by atoms with Crippen molar-refractivity contribution in [2.45, 2.75) is 40.2 Å². The van der Waals surface area contributed by atoms with Crippen molar-refractivity contribution >= 4 is 17.4 Å². The molecule has 1 fully saturated rings. The van der Waals surface area contributed by atoms with Crippen LogP contribution in [0.1, 0.15) is 39.7 Å². The fraction of sp³-hybridized carbons (Fsp3) is 0.474. The zero-order chi connectivity index (χ0) is 17.1. The van der Waals surface area contributed by atoms with Crippen molar-refractivity contribution in [1.29, 1.82) is 0 Å². The second kappa shape index (κ2) is 6.99. The summed E-state index contributed by atoms with van der Waals surface area (Å²) >= 11 is 0. The van der Waals surface area contributed by atoms with Gasteiger partial charge in [-0.3, -0.25) is 9.59 Å². The molecule has 1 aliphatic rings. The highest BCUT2D eigenvalue weighted by Gasteiger charge is 2.46. The normalized spacial score (nSPS) is 20.8. The van der Waals surface area contributed by atoms with Gasteiger partial charge in [-0.15, -0.1) is 0 Å². The van der Waals surface area contributed by atoms with Crippen LogP contribution in [0.15, 0.2) is 35.9 Å². The Hall–Kier alpha value is -2.10. The SMILES string of the molecule is CC(C)CCN1C(=O)/C(=C(\O)c2ccccc2)C(=O)[C@@H]1C(C)C. The number of carbonyl (C=O) groups excluding carboxylic acids is 2. The molecule has 1 atom stereocenters. The van der Waals surface area contributed by atoms with Gasteiger partial charge in [-0.05, 0) is 18.3 Å². The Morgan fingerprint density at radius 1 is 1.13 bits per heavy atom. The molecule has 0 spiro atoms. The predicted molar refractivity (Wildman–Crippen MR) is 90.8 cm³/mol. The molecule has 0 bridgehead atoms. The standard InChI is InChI=1S/C19H25NO3/c1-12(2)10-11-20-16(13(3)4)18(22)15(19(20)23)17(21)14-8-6-5-7-9-14/h5-9,12-13,16,21H,10-11H2,1-4H3/b17-15-/t16-/m0/s1. The Morgan fingerprint density at radius 2 is 1.74 bits per heavy atom. The lowest BCUT2D eigenvalue weighted by Gasteiger charge is -2.26. The van der Waals surface area contributed by atoms with E-state index < -0.39 is 6.04 Å². The minimum absolute atomic E-state index is 0.0136. The molecule has 0 unspecified atom stereocenters. The summed E-state index contributed by atoms with van der Waals surface area (Å²) in [5.74, 6) is -0.370. The van der Waals surface area contributed by atoms with Gasteiger partial charge < -0.3 is 10.0 Å². The van der Waals surface area contributed by atoms with E-state index in [2.05, 4.69) is 13.8 Å². The van der Waals surface area contributed by atoms with Gasteiger partial charge in [-0.1, -0.05) is 58.0 Å². The smallest absolute Gasteiger partial charge is 0.262 e. The van der Waals surface area contributed by atoms with E-state index in [0.29, 0.717) is 18.0 Å². The Balaban J connectivity index is 2.42. The third-order valence-electron chi connectivity index (χ3n) is 4.19. The largest absolute Gasteiger partial charge is 0.506 e. The Labute approximate surface area is 137 Å². The van der Waals surface area contributed by atoms with E-state index in [1.165, 1.54) is 0 Å². The molecular weight excluding hydrogens is 290 g/mol. The van der Waals surface area contributed by atoms with Crippen molar-refractivity contribution in [3.05, 3.63) is 41.5 Å². The number of ketones is 1. The van der Waals surface area contributed by atoms with Gasteiger partial charge in [0.15, 0.2) is 5.78 Å². The number of nitrogens with zero attached hydrogens (tertiary/aromatic N) is 1. The molecule has 4 nitrogen and oxygen atoms in total. The fourth-order valence-corrected chi connectivity index (χ4v) is 2.92.